The van der Waals surface area contributed by atoms with Crippen molar-refractivity contribution in [3.05, 3.63) is 101 Å². The zero-order valence-corrected chi connectivity index (χ0v) is 20.4. The normalized spacial score (nSPS) is 16.5. The van der Waals surface area contributed by atoms with Gasteiger partial charge in [0.15, 0.2) is 6.10 Å². The van der Waals surface area contributed by atoms with Crippen LogP contribution >= 0.6 is 0 Å². The number of aliphatic carboxylic acids is 1. The molecular formula is C31H34O4. The van der Waals surface area contributed by atoms with E-state index in [-0.39, 0.29) is 0 Å². The summed E-state index contributed by atoms with van der Waals surface area (Å²) in [6.07, 6.45) is 15.7. The lowest BCUT2D eigenvalue weighted by Gasteiger charge is -2.15. The molecule has 4 rings (SSSR count). The van der Waals surface area contributed by atoms with Crippen molar-refractivity contribution in [1.82, 2.24) is 0 Å². The van der Waals surface area contributed by atoms with Crippen LogP contribution in [0.2, 0.25) is 0 Å². The number of benzene rings is 2. The molecule has 0 saturated carbocycles. The first kappa shape index (κ1) is 24.7. The number of allylic oxidation sites excluding steroid dienone is 8. The highest BCUT2D eigenvalue weighted by Gasteiger charge is 2.18. The molecule has 35 heavy (non-hydrogen) atoms. The second kappa shape index (κ2) is 12.4. The molecule has 182 valence electrons. The average Bonchev–Trinajstić information content (AvgIpc) is 3.04. The van der Waals surface area contributed by atoms with Crippen LogP contribution in [0, 0.1) is 0 Å². The molecule has 0 fully saturated rings. The highest BCUT2D eigenvalue weighted by Crippen LogP contribution is 2.37. The minimum absolute atomic E-state index is 0.353. The number of fused-ring (bicyclic) bond motifs is 2. The fourth-order valence-corrected chi connectivity index (χ4v) is 4.52. The summed E-state index contributed by atoms with van der Waals surface area (Å²) in [5.41, 5.74) is 7.63. The van der Waals surface area contributed by atoms with Crippen LogP contribution in [0.15, 0.2) is 84.5 Å². The van der Waals surface area contributed by atoms with Crippen molar-refractivity contribution in [1.29, 1.82) is 0 Å². The fraction of sp³-hybridized carbons (Fsp3) is 0.323. The van der Waals surface area contributed by atoms with E-state index < -0.39 is 12.1 Å². The van der Waals surface area contributed by atoms with Crippen molar-refractivity contribution in [3.8, 4) is 5.75 Å². The summed E-state index contributed by atoms with van der Waals surface area (Å²) < 4.78 is 11.4. The van der Waals surface area contributed by atoms with E-state index in [1.54, 1.807) is 0 Å². The SMILES string of the molecule is CCCOC(Cc1ccc(OCCC/C=C2/C=CC3=C(CCC=C3)c3ccccc32)cc1)C(=O)O. The Hall–Kier alpha value is -3.37. The highest BCUT2D eigenvalue weighted by molar-refractivity contribution is 5.89. The maximum Gasteiger partial charge on any atom is 0.333 e. The lowest BCUT2D eigenvalue weighted by atomic mass is 9.89. The zero-order chi connectivity index (χ0) is 24.5. The lowest BCUT2D eigenvalue weighted by molar-refractivity contribution is -0.150. The van der Waals surface area contributed by atoms with Crippen LogP contribution in [-0.4, -0.2) is 30.4 Å². The minimum Gasteiger partial charge on any atom is -0.494 e. The second-order valence-electron chi connectivity index (χ2n) is 8.95. The molecule has 1 unspecified atom stereocenters. The molecule has 2 aliphatic rings. The van der Waals surface area contributed by atoms with Gasteiger partial charge in [-0.1, -0.05) is 73.7 Å². The number of unbranched alkanes of at least 4 members (excludes halogenated alkanes) is 1. The Balaban J connectivity index is 1.30. The Morgan fingerprint density at radius 1 is 1.03 bits per heavy atom. The number of rotatable bonds is 11. The summed E-state index contributed by atoms with van der Waals surface area (Å²) in [6.45, 7) is 3.05. The first-order chi connectivity index (χ1) is 17.2. The Morgan fingerprint density at radius 3 is 2.60 bits per heavy atom. The molecule has 0 radical (unpaired) electrons. The first-order valence-corrected chi connectivity index (χ1v) is 12.6. The van der Waals surface area contributed by atoms with Crippen LogP contribution in [0.25, 0.3) is 11.1 Å². The van der Waals surface area contributed by atoms with Crippen molar-refractivity contribution in [2.24, 2.45) is 0 Å². The number of ether oxygens (including phenoxy) is 2. The molecule has 0 amide bonds. The van der Waals surface area contributed by atoms with Gasteiger partial charge in [-0.15, -0.1) is 0 Å². The third-order valence-corrected chi connectivity index (χ3v) is 6.34. The summed E-state index contributed by atoms with van der Waals surface area (Å²) >= 11 is 0. The number of hydrogen-bond donors (Lipinski definition) is 1. The van der Waals surface area contributed by atoms with E-state index in [0.29, 0.717) is 19.6 Å². The third kappa shape index (κ3) is 6.61. The van der Waals surface area contributed by atoms with Crippen LogP contribution in [0.1, 0.15) is 55.7 Å². The van der Waals surface area contributed by atoms with Crippen molar-refractivity contribution < 1.29 is 19.4 Å². The van der Waals surface area contributed by atoms with Crippen molar-refractivity contribution in [2.45, 2.75) is 51.6 Å². The summed E-state index contributed by atoms with van der Waals surface area (Å²) in [7, 11) is 0. The van der Waals surface area contributed by atoms with Gasteiger partial charge in [-0.3, -0.25) is 0 Å². The van der Waals surface area contributed by atoms with Crippen molar-refractivity contribution in [2.75, 3.05) is 13.2 Å². The van der Waals surface area contributed by atoms with Gasteiger partial charge in [-0.2, -0.15) is 0 Å². The topological polar surface area (TPSA) is 55.8 Å². The largest absolute Gasteiger partial charge is 0.494 e. The van der Waals surface area contributed by atoms with Gasteiger partial charge in [0.25, 0.3) is 0 Å². The number of carbonyl (C=O) groups is 1. The minimum atomic E-state index is -0.925. The van der Waals surface area contributed by atoms with Gasteiger partial charge < -0.3 is 14.6 Å². The lowest BCUT2D eigenvalue weighted by Crippen LogP contribution is -2.26. The maximum atomic E-state index is 11.4. The number of carboxylic acids is 1. The van der Waals surface area contributed by atoms with E-state index >= 15 is 0 Å². The zero-order valence-electron chi connectivity index (χ0n) is 20.4. The molecule has 0 spiro atoms. The van der Waals surface area contributed by atoms with E-state index in [1.807, 2.05) is 31.2 Å². The quantitative estimate of drug-likeness (QED) is 0.358. The van der Waals surface area contributed by atoms with Gasteiger partial charge in [0.1, 0.15) is 5.75 Å². The van der Waals surface area contributed by atoms with Crippen LogP contribution in [0.4, 0.5) is 0 Å². The van der Waals surface area contributed by atoms with Crippen molar-refractivity contribution >= 4 is 17.1 Å². The molecule has 0 aliphatic heterocycles. The van der Waals surface area contributed by atoms with Gasteiger partial charge in [-0.25, -0.2) is 4.79 Å². The Labute approximate surface area is 208 Å². The molecule has 0 saturated heterocycles. The van der Waals surface area contributed by atoms with E-state index in [4.69, 9.17) is 9.47 Å². The molecular weight excluding hydrogens is 436 g/mol. The number of carboxylic acid groups (broad SMARTS) is 1. The summed E-state index contributed by atoms with van der Waals surface area (Å²) in [5, 5.41) is 9.34. The average molecular weight is 471 g/mol. The second-order valence-corrected chi connectivity index (χ2v) is 8.95. The monoisotopic (exact) mass is 470 g/mol. The fourth-order valence-electron chi connectivity index (χ4n) is 4.52. The standard InChI is InChI=1S/C31H34O4/c1-2-20-35-30(31(32)33)22-23-14-18-26(19-15-23)34-21-8-7-10-25-17-16-24-9-3-4-11-27(24)29-13-6-5-12-28(25)29/h3,5-6,9-10,12-19,30H,2,4,7-8,11,20-22H2,1H3,(H,32,33)/b25-10-. The van der Waals surface area contributed by atoms with Crippen LogP contribution in [-0.2, 0) is 16.0 Å². The Bertz CT molecular complexity index is 1130. The summed E-state index contributed by atoms with van der Waals surface area (Å²) in [5.74, 6) is -0.127. The molecule has 2 aromatic rings. The van der Waals surface area contributed by atoms with E-state index in [1.165, 1.54) is 27.8 Å². The molecule has 1 atom stereocenters. The van der Waals surface area contributed by atoms with Gasteiger partial charge in [0.2, 0.25) is 0 Å². The predicted octanol–water partition coefficient (Wildman–Crippen LogP) is 7.02. The molecule has 2 aromatic carbocycles. The molecule has 0 bridgehead atoms. The molecule has 4 nitrogen and oxygen atoms in total. The molecule has 1 N–H and O–H groups in total. The first-order valence-electron chi connectivity index (χ1n) is 12.6. The van der Waals surface area contributed by atoms with Crippen LogP contribution in [0.5, 0.6) is 5.75 Å². The summed E-state index contributed by atoms with van der Waals surface area (Å²) in [6, 6.07) is 16.3. The smallest absolute Gasteiger partial charge is 0.333 e. The number of hydrogen-bond acceptors (Lipinski definition) is 3. The third-order valence-electron chi connectivity index (χ3n) is 6.34. The van der Waals surface area contributed by atoms with Gasteiger partial charge >= 0.3 is 5.97 Å². The van der Waals surface area contributed by atoms with Gasteiger partial charge in [0, 0.05) is 13.0 Å². The molecule has 4 heteroatoms. The van der Waals surface area contributed by atoms with Gasteiger partial charge in [0.05, 0.1) is 6.61 Å². The van der Waals surface area contributed by atoms with Crippen LogP contribution < -0.4 is 4.74 Å². The Kier molecular flexibility index (Phi) is 8.74. The molecule has 2 aliphatic carbocycles. The Morgan fingerprint density at radius 2 is 1.83 bits per heavy atom. The molecule has 0 aromatic heterocycles. The van der Waals surface area contributed by atoms with E-state index in [9.17, 15) is 9.90 Å². The van der Waals surface area contributed by atoms with E-state index in [0.717, 1.165) is 43.4 Å². The molecule has 0 heterocycles. The highest BCUT2D eigenvalue weighted by atomic mass is 16.5. The predicted molar refractivity (Wildman–Crippen MR) is 141 cm³/mol. The van der Waals surface area contributed by atoms with Crippen LogP contribution in [0.3, 0.4) is 0 Å². The maximum absolute atomic E-state index is 11.4. The summed E-state index contributed by atoms with van der Waals surface area (Å²) in [4.78, 5) is 11.4. The van der Waals surface area contributed by atoms with Crippen molar-refractivity contribution in [3.63, 3.8) is 0 Å². The van der Waals surface area contributed by atoms with E-state index in [2.05, 4.69) is 54.6 Å². The van der Waals surface area contributed by atoms with Gasteiger partial charge in [-0.05, 0) is 77.6 Å².